The van der Waals surface area contributed by atoms with Crippen molar-refractivity contribution in [2.45, 2.75) is 46.1 Å². The maximum absolute atomic E-state index is 14.3. The number of halogens is 1. The molecule has 0 aliphatic heterocycles. The van der Waals surface area contributed by atoms with E-state index in [0.717, 1.165) is 25.8 Å². The summed E-state index contributed by atoms with van der Waals surface area (Å²) in [7, 11) is 1.29. The van der Waals surface area contributed by atoms with Crippen LogP contribution in [0.5, 0.6) is 0 Å². The Morgan fingerprint density at radius 1 is 1.43 bits per heavy atom. The van der Waals surface area contributed by atoms with Gasteiger partial charge in [-0.3, -0.25) is 0 Å². The maximum atomic E-state index is 14.3. The predicted molar refractivity (Wildman–Crippen MR) is 84.2 cm³/mol. The van der Waals surface area contributed by atoms with Crippen molar-refractivity contribution in [3.63, 3.8) is 0 Å². The third-order valence-electron chi connectivity index (χ3n) is 3.71. The number of nitrogen functional groups attached to an aromatic ring is 1. The summed E-state index contributed by atoms with van der Waals surface area (Å²) in [5.74, 6) is -0.954. The summed E-state index contributed by atoms with van der Waals surface area (Å²) in [6.07, 6.45) is 2.87. The number of hydrogen-bond donors (Lipinski definition) is 1. The van der Waals surface area contributed by atoms with E-state index >= 15 is 0 Å². The van der Waals surface area contributed by atoms with E-state index in [1.807, 2.05) is 11.8 Å². The zero-order valence-corrected chi connectivity index (χ0v) is 13.3. The Kier molecular flexibility index (Phi) is 6.46. The van der Waals surface area contributed by atoms with Crippen molar-refractivity contribution >= 4 is 17.3 Å². The number of benzene rings is 1. The zero-order chi connectivity index (χ0) is 16.0. The highest BCUT2D eigenvalue weighted by molar-refractivity contribution is 5.96. The van der Waals surface area contributed by atoms with Crippen molar-refractivity contribution < 1.29 is 13.9 Å². The molecule has 0 radical (unpaired) electrons. The van der Waals surface area contributed by atoms with Gasteiger partial charge in [-0.15, -0.1) is 0 Å². The molecule has 0 bridgehead atoms. The molecule has 0 heterocycles. The van der Waals surface area contributed by atoms with Crippen LogP contribution in [0.2, 0.25) is 0 Å². The van der Waals surface area contributed by atoms with Crippen molar-refractivity contribution in [1.82, 2.24) is 0 Å². The van der Waals surface area contributed by atoms with E-state index in [9.17, 15) is 9.18 Å². The van der Waals surface area contributed by atoms with E-state index in [-0.39, 0.29) is 17.3 Å². The predicted octanol–water partition coefficient (Wildman–Crippen LogP) is 3.60. The van der Waals surface area contributed by atoms with Gasteiger partial charge in [0, 0.05) is 18.3 Å². The summed E-state index contributed by atoms with van der Waals surface area (Å²) >= 11 is 0. The molecule has 5 heteroatoms. The van der Waals surface area contributed by atoms with Crippen molar-refractivity contribution in [3.05, 3.63) is 23.5 Å². The van der Waals surface area contributed by atoms with Gasteiger partial charge in [0.05, 0.1) is 18.4 Å². The number of methoxy groups -OCH3 is 1. The van der Waals surface area contributed by atoms with Gasteiger partial charge in [-0.25, -0.2) is 9.18 Å². The lowest BCUT2D eigenvalue weighted by Crippen LogP contribution is -2.34. The second kappa shape index (κ2) is 7.86. The lowest BCUT2D eigenvalue weighted by molar-refractivity contribution is 0.0602. The molecule has 1 unspecified atom stereocenters. The third-order valence-corrected chi connectivity index (χ3v) is 3.71. The molecule has 0 aromatic heterocycles. The number of nitrogens with two attached hydrogens (primary N) is 1. The van der Waals surface area contributed by atoms with Crippen LogP contribution < -0.4 is 10.6 Å². The maximum Gasteiger partial charge on any atom is 0.340 e. The number of ether oxygens (including phenoxy) is 1. The molecular formula is C16H25FN2O2. The first-order chi connectivity index (χ1) is 9.96. The first-order valence-corrected chi connectivity index (χ1v) is 7.40. The van der Waals surface area contributed by atoms with E-state index in [0.29, 0.717) is 5.69 Å². The van der Waals surface area contributed by atoms with Gasteiger partial charge in [0.25, 0.3) is 0 Å². The topological polar surface area (TPSA) is 55.6 Å². The minimum atomic E-state index is -0.548. The summed E-state index contributed by atoms with van der Waals surface area (Å²) in [4.78, 5) is 13.7. The number of anilines is 2. The lowest BCUT2D eigenvalue weighted by atomic mass is 10.1. The SMILES string of the molecule is CCCCN(c1cc(C(=O)OC)c(N)cc1F)C(C)CC. The quantitative estimate of drug-likeness (QED) is 0.617. The van der Waals surface area contributed by atoms with Gasteiger partial charge >= 0.3 is 5.97 Å². The van der Waals surface area contributed by atoms with E-state index in [2.05, 4.69) is 13.8 Å². The molecule has 0 saturated carbocycles. The van der Waals surface area contributed by atoms with E-state index in [1.165, 1.54) is 19.2 Å². The molecule has 2 N–H and O–H groups in total. The zero-order valence-electron chi connectivity index (χ0n) is 13.3. The fourth-order valence-electron chi connectivity index (χ4n) is 2.21. The minimum Gasteiger partial charge on any atom is -0.465 e. The molecule has 0 fully saturated rings. The van der Waals surface area contributed by atoms with Crippen LogP contribution in [0.3, 0.4) is 0 Å². The van der Waals surface area contributed by atoms with Gasteiger partial charge in [-0.1, -0.05) is 20.3 Å². The Hall–Kier alpha value is -1.78. The van der Waals surface area contributed by atoms with E-state index < -0.39 is 11.8 Å². The molecule has 21 heavy (non-hydrogen) atoms. The van der Waals surface area contributed by atoms with Crippen LogP contribution in [0.15, 0.2) is 12.1 Å². The fourth-order valence-corrected chi connectivity index (χ4v) is 2.21. The number of hydrogen-bond acceptors (Lipinski definition) is 4. The Bertz CT molecular complexity index is 491. The monoisotopic (exact) mass is 296 g/mol. The Morgan fingerprint density at radius 2 is 2.10 bits per heavy atom. The molecule has 1 aromatic rings. The number of carbonyl (C=O) groups excluding carboxylic acids is 1. The van der Waals surface area contributed by atoms with Gasteiger partial charge < -0.3 is 15.4 Å². The van der Waals surface area contributed by atoms with Crippen molar-refractivity contribution in [1.29, 1.82) is 0 Å². The number of unbranched alkanes of at least 4 members (excludes halogenated alkanes) is 1. The van der Waals surface area contributed by atoms with Crippen LogP contribution in [0.25, 0.3) is 0 Å². The molecule has 1 aromatic carbocycles. The van der Waals surface area contributed by atoms with E-state index in [4.69, 9.17) is 10.5 Å². The second-order valence-corrected chi connectivity index (χ2v) is 5.19. The van der Waals surface area contributed by atoms with Crippen LogP contribution in [-0.2, 0) is 4.74 Å². The highest BCUT2D eigenvalue weighted by Gasteiger charge is 2.21. The van der Waals surface area contributed by atoms with Crippen molar-refractivity contribution in [3.8, 4) is 0 Å². The largest absolute Gasteiger partial charge is 0.465 e. The highest BCUT2D eigenvalue weighted by atomic mass is 19.1. The second-order valence-electron chi connectivity index (χ2n) is 5.19. The number of esters is 1. The standard InChI is InChI=1S/C16H25FN2O2/c1-5-7-8-19(11(3)6-2)15-9-12(16(20)21-4)14(18)10-13(15)17/h9-11H,5-8,18H2,1-4H3. The van der Waals surface area contributed by atoms with Crippen LogP contribution in [0.4, 0.5) is 15.8 Å². The Labute approximate surface area is 126 Å². The molecule has 0 spiro atoms. The van der Waals surface area contributed by atoms with Crippen molar-refractivity contribution in [2.24, 2.45) is 0 Å². The van der Waals surface area contributed by atoms with Crippen LogP contribution in [-0.4, -0.2) is 25.7 Å². The van der Waals surface area contributed by atoms with E-state index in [1.54, 1.807) is 0 Å². The molecule has 0 saturated heterocycles. The van der Waals surface area contributed by atoms with Gasteiger partial charge in [0.2, 0.25) is 0 Å². The van der Waals surface area contributed by atoms with Crippen LogP contribution in [0.1, 0.15) is 50.4 Å². The van der Waals surface area contributed by atoms with Gasteiger partial charge in [-0.2, -0.15) is 0 Å². The van der Waals surface area contributed by atoms with Crippen molar-refractivity contribution in [2.75, 3.05) is 24.3 Å². The smallest absolute Gasteiger partial charge is 0.340 e. The third kappa shape index (κ3) is 4.09. The summed E-state index contributed by atoms with van der Waals surface area (Å²) < 4.78 is 19.0. The summed E-state index contributed by atoms with van der Waals surface area (Å²) in [6, 6.07) is 2.88. The summed E-state index contributed by atoms with van der Waals surface area (Å²) in [6.45, 7) is 6.93. The number of nitrogens with zero attached hydrogens (tertiary/aromatic N) is 1. The normalized spacial score (nSPS) is 12.0. The molecule has 1 rings (SSSR count). The first kappa shape index (κ1) is 17.3. The van der Waals surface area contributed by atoms with Gasteiger partial charge in [0.15, 0.2) is 0 Å². The molecule has 118 valence electrons. The highest BCUT2D eigenvalue weighted by Crippen LogP contribution is 2.28. The minimum absolute atomic E-state index is 0.0997. The molecule has 0 aliphatic carbocycles. The van der Waals surface area contributed by atoms with Crippen LogP contribution in [0, 0.1) is 5.82 Å². The van der Waals surface area contributed by atoms with Gasteiger partial charge in [0.1, 0.15) is 5.82 Å². The molecule has 0 amide bonds. The number of rotatable bonds is 7. The molecule has 4 nitrogen and oxygen atoms in total. The molecule has 0 aliphatic rings. The average Bonchev–Trinajstić information content (AvgIpc) is 2.48. The lowest BCUT2D eigenvalue weighted by Gasteiger charge is -2.31. The summed E-state index contributed by atoms with van der Waals surface area (Å²) in [5.41, 5.74) is 6.43. The average molecular weight is 296 g/mol. The summed E-state index contributed by atoms with van der Waals surface area (Å²) in [5, 5.41) is 0. The molecule has 1 atom stereocenters. The number of carbonyl (C=O) groups is 1. The Morgan fingerprint density at radius 3 is 2.62 bits per heavy atom. The Balaban J connectivity index is 3.26. The first-order valence-electron chi connectivity index (χ1n) is 7.40. The molecular weight excluding hydrogens is 271 g/mol. The fraction of sp³-hybridized carbons (Fsp3) is 0.562. The van der Waals surface area contributed by atoms with Crippen LogP contribution >= 0.6 is 0 Å². The van der Waals surface area contributed by atoms with Gasteiger partial charge in [-0.05, 0) is 31.9 Å².